The second-order valence-corrected chi connectivity index (χ2v) is 7.31. The SMILES string of the molecule is CCOC(=O)N1C[C@@H]2OC(=O)c3cc4c(cc3[C@]23C=C[C@@H](OC)C[C@H]13)OCO4. The average molecular weight is 387 g/mol. The average Bonchev–Trinajstić information content (AvgIpc) is 3.29. The number of likely N-dealkylation sites (tertiary alicyclic amines) is 1. The van der Waals surface area contributed by atoms with Gasteiger partial charge in [0.05, 0.1) is 36.3 Å². The van der Waals surface area contributed by atoms with Gasteiger partial charge in [-0.1, -0.05) is 12.2 Å². The van der Waals surface area contributed by atoms with Crippen LogP contribution in [-0.2, 0) is 19.6 Å². The Bertz CT molecular complexity index is 882. The fraction of sp³-hybridized carbons (Fsp3) is 0.500. The first kappa shape index (κ1) is 17.4. The molecule has 1 fully saturated rings. The molecule has 1 aromatic rings. The van der Waals surface area contributed by atoms with Crippen molar-refractivity contribution in [3.8, 4) is 11.5 Å². The van der Waals surface area contributed by atoms with Gasteiger partial charge in [0.15, 0.2) is 11.5 Å². The first-order valence-electron chi connectivity index (χ1n) is 9.39. The highest BCUT2D eigenvalue weighted by molar-refractivity contribution is 5.95. The molecule has 3 aliphatic heterocycles. The maximum Gasteiger partial charge on any atom is 0.410 e. The number of amides is 1. The third-order valence-electron chi connectivity index (χ3n) is 6.12. The van der Waals surface area contributed by atoms with Crippen LogP contribution in [0.4, 0.5) is 4.79 Å². The van der Waals surface area contributed by atoms with Crippen molar-refractivity contribution in [3.05, 3.63) is 35.4 Å². The summed E-state index contributed by atoms with van der Waals surface area (Å²) in [5, 5.41) is 0. The zero-order chi connectivity index (χ0) is 19.5. The quantitative estimate of drug-likeness (QED) is 0.567. The van der Waals surface area contributed by atoms with Crippen LogP contribution in [0, 0.1) is 0 Å². The number of esters is 1. The van der Waals surface area contributed by atoms with Gasteiger partial charge >= 0.3 is 12.1 Å². The standard InChI is InChI=1S/C20H21NO7/c1-3-25-19(23)21-9-17-20(5-4-11(24-2)6-16(20)21)13-8-15-14(26-10-27-15)7-12(13)18(22)28-17/h4-5,7-8,11,16-17H,3,6,9-10H2,1-2H3/t11-,16+,17+,20+/m1/s1. The van der Waals surface area contributed by atoms with E-state index in [4.69, 9.17) is 23.7 Å². The molecule has 1 spiro atoms. The van der Waals surface area contributed by atoms with E-state index in [0.717, 1.165) is 5.56 Å². The van der Waals surface area contributed by atoms with E-state index >= 15 is 0 Å². The van der Waals surface area contributed by atoms with Gasteiger partial charge < -0.3 is 23.7 Å². The number of hydrogen-bond donors (Lipinski definition) is 0. The number of benzene rings is 1. The van der Waals surface area contributed by atoms with Crippen molar-refractivity contribution in [3.63, 3.8) is 0 Å². The van der Waals surface area contributed by atoms with E-state index in [0.29, 0.717) is 23.5 Å². The number of carbonyl (C=O) groups excluding carboxylic acids is 2. The highest BCUT2D eigenvalue weighted by atomic mass is 16.7. The number of hydrogen-bond acceptors (Lipinski definition) is 7. The van der Waals surface area contributed by atoms with Crippen molar-refractivity contribution in [2.24, 2.45) is 0 Å². The van der Waals surface area contributed by atoms with Gasteiger partial charge in [-0.2, -0.15) is 0 Å². The third kappa shape index (κ3) is 2.21. The van der Waals surface area contributed by atoms with Gasteiger partial charge in [-0.3, -0.25) is 4.90 Å². The van der Waals surface area contributed by atoms with Crippen LogP contribution in [0.25, 0.3) is 0 Å². The Hall–Kier alpha value is -2.74. The molecule has 0 saturated carbocycles. The van der Waals surface area contributed by atoms with E-state index in [1.165, 1.54) is 0 Å². The van der Waals surface area contributed by atoms with E-state index in [1.807, 2.05) is 18.2 Å². The van der Waals surface area contributed by atoms with Crippen molar-refractivity contribution in [1.82, 2.24) is 4.90 Å². The number of fused-ring (bicyclic) bond motifs is 2. The maximum absolute atomic E-state index is 12.7. The first-order valence-corrected chi connectivity index (χ1v) is 9.39. The monoisotopic (exact) mass is 387 g/mol. The maximum atomic E-state index is 12.7. The normalized spacial score (nSPS) is 31.7. The van der Waals surface area contributed by atoms with E-state index in [2.05, 4.69) is 0 Å². The second kappa shape index (κ2) is 6.13. The Balaban J connectivity index is 1.68. The van der Waals surface area contributed by atoms with Crippen molar-refractivity contribution in [1.29, 1.82) is 0 Å². The van der Waals surface area contributed by atoms with Crippen LogP contribution in [0.2, 0.25) is 0 Å². The van der Waals surface area contributed by atoms with Crippen LogP contribution in [0.15, 0.2) is 24.3 Å². The molecule has 0 aromatic heterocycles. The first-order chi connectivity index (χ1) is 13.6. The fourth-order valence-electron chi connectivity index (χ4n) is 4.86. The summed E-state index contributed by atoms with van der Waals surface area (Å²) in [5.74, 6) is 0.699. The minimum absolute atomic E-state index is 0.115. The van der Waals surface area contributed by atoms with Crippen LogP contribution >= 0.6 is 0 Å². The summed E-state index contributed by atoms with van der Waals surface area (Å²) in [6.07, 6.45) is 3.52. The van der Waals surface area contributed by atoms with Gasteiger partial charge in [-0.25, -0.2) is 9.59 Å². The molecule has 1 aliphatic carbocycles. The van der Waals surface area contributed by atoms with Gasteiger partial charge in [0.1, 0.15) is 6.10 Å². The Morgan fingerprint density at radius 1 is 1.32 bits per heavy atom. The Kier molecular flexibility index (Phi) is 3.80. The molecule has 4 atom stereocenters. The molecule has 8 nitrogen and oxygen atoms in total. The summed E-state index contributed by atoms with van der Waals surface area (Å²) in [4.78, 5) is 27.1. The van der Waals surface area contributed by atoms with Crippen molar-refractivity contribution in [2.75, 3.05) is 27.1 Å². The molecule has 1 aromatic carbocycles. The molecule has 0 bridgehead atoms. The van der Waals surface area contributed by atoms with Crippen molar-refractivity contribution < 1.29 is 33.3 Å². The predicted octanol–water partition coefficient (Wildman–Crippen LogP) is 2.01. The molecule has 28 heavy (non-hydrogen) atoms. The molecule has 4 aliphatic rings. The van der Waals surface area contributed by atoms with E-state index in [9.17, 15) is 9.59 Å². The number of rotatable bonds is 2. The lowest BCUT2D eigenvalue weighted by atomic mass is 9.65. The Morgan fingerprint density at radius 2 is 2.11 bits per heavy atom. The molecule has 5 rings (SSSR count). The lowest BCUT2D eigenvalue weighted by molar-refractivity contribution is 0.0118. The van der Waals surface area contributed by atoms with Gasteiger partial charge in [0.2, 0.25) is 6.79 Å². The van der Waals surface area contributed by atoms with Crippen LogP contribution in [-0.4, -0.2) is 62.3 Å². The van der Waals surface area contributed by atoms with Gasteiger partial charge in [0, 0.05) is 7.11 Å². The summed E-state index contributed by atoms with van der Waals surface area (Å²) in [6.45, 7) is 2.43. The minimum atomic E-state index is -0.675. The van der Waals surface area contributed by atoms with Crippen LogP contribution in [0.3, 0.4) is 0 Å². The molecular weight excluding hydrogens is 366 g/mol. The molecule has 1 saturated heterocycles. The molecule has 3 heterocycles. The summed E-state index contributed by atoms with van der Waals surface area (Å²) in [7, 11) is 1.64. The molecule has 0 unspecified atom stereocenters. The fourth-order valence-corrected chi connectivity index (χ4v) is 4.86. The van der Waals surface area contributed by atoms with Gasteiger partial charge in [-0.05, 0) is 31.0 Å². The molecule has 148 valence electrons. The third-order valence-corrected chi connectivity index (χ3v) is 6.12. The molecule has 0 radical (unpaired) electrons. The summed E-state index contributed by atoms with van der Waals surface area (Å²) < 4.78 is 27.6. The second-order valence-electron chi connectivity index (χ2n) is 7.31. The summed E-state index contributed by atoms with van der Waals surface area (Å²) in [5.41, 5.74) is 0.559. The lowest BCUT2D eigenvalue weighted by Gasteiger charge is -2.44. The smallest absolute Gasteiger partial charge is 0.410 e. The number of nitrogens with zero attached hydrogens (tertiary/aromatic N) is 1. The van der Waals surface area contributed by atoms with Gasteiger partial charge in [0.25, 0.3) is 0 Å². The zero-order valence-corrected chi connectivity index (χ0v) is 15.7. The predicted molar refractivity (Wildman–Crippen MR) is 95.5 cm³/mol. The molecular formula is C20H21NO7. The number of ether oxygens (including phenoxy) is 5. The number of methoxy groups -OCH3 is 1. The Labute approximate surface area is 161 Å². The van der Waals surface area contributed by atoms with Crippen LogP contribution in [0.5, 0.6) is 11.5 Å². The Morgan fingerprint density at radius 3 is 2.86 bits per heavy atom. The lowest BCUT2D eigenvalue weighted by Crippen LogP contribution is -2.53. The van der Waals surface area contributed by atoms with Crippen molar-refractivity contribution >= 4 is 12.1 Å². The van der Waals surface area contributed by atoms with Crippen LogP contribution in [0.1, 0.15) is 29.3 Å². The summed E-state index contributed by atoms with van der Waals surface area (Å²) >= 11 is 0. The topological polar surface area (TPSA) is 83.5 Å². The highest BCUT2D eigenvalue weighted by Gasteiger charge is 2.62. The largest absolute Gasteiger partial charge is 0.455 e. The minimum Gasteiger partial charge on any atom is -0.455 e. The zero-order valence-electron chi connectivity index (χ0n) is 15.7. The van der Waals surface area contributed by atoms with Crippen molar-refractivity contribution in [2.45, 2.75) is 37.0 Å². The summed E-state index contributed by atoms with van der Waals surface area (Å²) in [6, 6.07) is 3.26. The molecule has 1 amide bonds. The highest BCUT2D eigenvalue weighted by Crippen LogP contribution is 2.53. The molecule has 0 N–H and O–H groups in total. The molecule has 8 heteroatoms. The van der Waals surface area contributed by atoms with E-state index < -0.39 is 23.6 Å². The van der Waals surface area contributed by atoms with E-state index in [-0.39, 0.29) is 32.1 Å². The van der Waals surface area contributed by atoms with Gasteiger partial charge in [-0.15, -0.1) is 0 Å². The van der Waals surface area contributed by atoms with Crippen LogP contribution < -0.4 is 9.47 Å². The van der Waals surface area contributed by atoms with E-state index in [1.54, 1.807) is 25.0 Å². The number of carbonyl (C=O) groups is 2.